The number of hydrogen-bond donors (Lipinski definition) is 1. The van der Waals surface area contributed by atoms with E-state index in [4.69, 9.17) is 4.74 Å². The van der Waals surface area contributed by atoms with Crippen molar-refractivity contribution in [1.82, 2.24) is 5.32 Å². The van der Waals surface area contributed by atoms with Gasteiger partial charge in [-0.1, -0.05) is 30.3 Å². The van der Waals surface area contributed by atoms with Gasteiger partial charge in [0.2, 0.25) is 0 Å². The summed E-state index contributed by atoms with van der Waals surface area (Å²) in [6.07, 6.45) is 7.51. The Bertz CT molecular complexity index is 799. The molecule has 3 heteroatoms. The Labute approximate surface area is 155 Å². The molecule has 26 heavy (non-hydrogen) atoms. The molecule has 2 aromatic carbocycles. The van der Waals surface area contributed by atoms with E-state index in [9.17, 15) is 4.79 Å². The van der Waals surface area contributed by atoms with E-state index in [1.807, 2.05) is 13.0 Å². The molecule has 136 valence electrons. The van der Waals surface area contributed by atoms with Crippen molar-refractivity contribution >= 4 is 5.91 Å². The largest absolute Gasteiger partial charge is 0.481 e. The molecule has 0 bridgehead atoms. The lowest BCUT2D eigenvalue weighted by Gasteiger charge is -2.27. The smallest absolute Gasteiger partial charge is 0.261 e. The lowest BCUT2D eigenvalue weighted by molar-refractivity contribution is -0.128. The number of ether oxygens (including phenoxy) is 1. The number of hydrogen-bond acceptors (Lipinski definition) is 2. The van der Waals surface area contributed by atoms with Gasteiger partial charge in [0.1, 0.15) is 5.75 Å². The minimum Gasteiger partial charge on any atom is -0.481 e. The molecule has 2 aliphatic rings. The monoisotopic (exact) mass is 349 g/mol. The van der Waals surface area contributed by atoms with Crippen molar-refractivity contribution in [2.24, 2.45) is 0 Å². The minimum atomic E-state index is -0.495. The van der Waals surface area contributed by atoms with Gasteiger partial charge in [0.05, 0.1) is 6.04 Å². The third kappa shape index (κ3) is 3.62. The van der Waals surface area contributed by atoms with Gasteiger partial charge in [-0.2, -0.15) is 0 Å². The van der Waals surface area contributed by atoms with Crippen LogP contribution in [0.2, 0.25) is 0 Å². The second-order valence-electron chi connectivity index (χ2n) is 7.55. The predicted molar refractivity (Wildman–Crippen MR) is 103 cm³/mol. The van der Waals surface area contributed by atoms with Gasteiger partial charge in [-0.15, -0.1) is 0 Å². The zero-order valence-electron chi connectivity index (χ0n) is 15.5. The van der Waals surface area contributed by atoms with Crippen LogP contribution in [0, 0.1) is 0 Å². The Hall–Kier alpha value is -2.29. The summed E-state index contributed by atoms with van der Waals surface area (Å²) in [6.45, 7) is 1.84. The quantitative estimate of drug-likeness (QED) is 0.881. The normalized spacial score (nSPS) is 19.8. The van der Waals surface area contributed by atoms with E-state index >= 15 is 0 Å². The molecule has 2 aliphatic carbocycles. The highest BCUT2D eigenvalue weighted by Gasteiger charge is 2.24. The zero-order chi connectivity index (χ0) is 17.9. The van der Waals surface area contributed by atoms with E-state index in [1.165, 1.54) is 35.1 Å². The topological polar surface area (TPSA) is 38.3 Å². The van der Waals surface area contributed by atoms with Crippen molar-refractivity contribution in [2.45, 2.75) is 64.0 Å². The molecular weight excluding hydrogens is 322 g/mol. The van der Waals surface area contributed by atoms with Crippen LogP contribution < -0.4 is 10.1 Å². The van der Waals surface area contributed by atoms with Crippen LogP contribution in [0.1, 0.15) is 60.9 Å². The summed E-state index contributed by atoms with van der Waals surface area (Å²) in [5, 5.41) is 3.19. The van der Waals surface area contributed by atoms with Crippen LogP contribution in [0.15, 0.2) is 42.5 Å². The number of carbonyl (C=O) groups is 1. The SMILES string of the molecule is C[C@H](Oc1ccc2c(c1)CCCC2)C(=O)N[C@H]1CCCc2ccccc21. The van der Waals surface area contributed by atoms with E-state index in [0.717, 1.165) is 37.9 Å². The maximum absolute atomic E-state index is 12.7. The number of amides is 1. The average molecular weight is 349 g/mol. The van der Waals surface area contributed by atoms with Gasteiger partial charge >= 0.3 is 0 Å². The van der Waals surface area contributed by atoms with Crippen molar-refractivity contribution in [1.29, 1.82) is 0 Å². The summed E-state index contributed by atoms with van der Waals surface area (Å²) in [4.78, 5) is 12.7. The van der Waals surface area contributed by atoms with Gasteiger partial charge in [-0.05, 0) is 86.3 Å². The van der Waals surface area contributed by atoms with E-state index in [-0.39, 0.29) is 11.9 Å². The van der Waals surface area contributed by atoms with Gasteiger partial charge in [0.15, 0.2) is 6.10 Å². The first-order chi connectivity index (χ1) is 12.7. The van der Waals surface area contributed by atoms with Crippen molar-refractivity contribution in [3.8, 4) is 5.75 Å². The number of aryl methyl sites for hydroxylation is 3. The summed E-state index contributed by atoms with van der Waals surface area (Å²) < 4.78 is 5.96. The fourth-order valence-corrected chi connectivity index (χ4v) is 4.23. The predicted octanol–water partition coefficient (Wildman–Crippen LogP) is 4.53. The molecule has 3 nitrogen and oxygen atoms in total. The highest BCUT2D eigenvalue weighted by molar-refractivity contribution is 5.81. The van der Waals surface area contributed by atoms with Crippen molar-refractivity contribution < 1.29 is 9.53 Å². The van der Waals surface area contributed by atoms with Crippen LogP contribution in [-0.4, -0.2) is 12.0 Å². The van der Waals surface area contributed by atoms with Crippen LogP contribution in [0.4, 0.5) is 0 Å². The molecule has 2 atom stereocenters. The molecule has 0 fully saturated rings. The van der Waals surface area contributed by atoms with E-state index in [1.54, 1.807) is 0 Å². The van der Waals surface area contributed by atoms with E-state index in [2.05, 4.69) is 41.7 Å². The number of carbonyl (C=O) groups excluding carboxylic acids is 1. The third-order valence-corrected chi connectivity index (χ3v) is 5.69. The average Bonchev–Trinajstić information content (AvgIpc) is 2.68. The highest BCUT2D eigenvalue weighted by Crippen LogP contribution is 2.30. The third-order valence-electron chi connectivity index (χ3n) is 5.69. The summed E-state index contributed by atoms with van der Waals surface area (Å²) >= 11 is 0. The molecule has 0 radical (unpaired) electrons. The molecule has 0 unspecified atom stereocenters. The Kier molecular flexibility index (Phi) is 4.96. The van der Waals surface area contributed by atoms with Crippen molar-refractivity contribution in [2.75, 3.05) is 0 Å². The number of fused-ring (bicyclic) bond motifs is 2. The van der Waals surface area contributed by atoms with Crippen LogP contribution in [0.25, 0.3) is 0 Å². The Balaban J connectivity index is 1.41. The number of benzene rings is 2. The van der Waals surface area contributed by atoms with Gasteiger partial charge in [-0.25, -0.2) is 0 Å². The Morgan fingerprint density at radius 2 is 1.77 bits per heavy atom. The molecule has 1 N–H and O–H groups in total. The van der Waals surface area contributed by atoms with E-state index < -0.39 is 6.10 Å². The zero-order valence-corrected chi connectivity index (χ0v) is 15.5. The lowest BCUT2D eigenvalue weighted by Crippen LogP contribution is -2.39. The standard InChI is InChI=1S/C23H27NO2/c1-16(26-20-14-13-17-7-2-3-9-19(17)15-20)23(25)24-22-12-6-10-18-8-4-5-11-21(18)22/h4-5,8,11,13-16,22H,2-3,6-7,9-10,12H2,1H3,(H,24,25)/t16-,22-/m0/s1. The van der Waals surface area contributed by atoms with E-state index in [0.29, 0.717) is 0 Å². The molecule has 2 aromatic rings. The van der Waals surface area contributed by atoms with Crippen molar-refractivity contribution in [3.63, 3.8) is 0 Å². The van der Waals surface area contributed by atoms with Gasteiger partial charge in [0, 0.05) is 0 Å². The molecule has 0 saturated carbocycles. The van der Waals surface area contributed by atoms with Crippen molar-refractivity contribution in [3.05, 3.63) is 64.7 Å². The van der Waals surface area contributed by atoms with Crippen LogP contribution in [0.5, 0.6) is 5.75 Å². The Morgan fingerprint density at radius 3 is 2.65 bits per heavy atom. The lowest BCUT2D eigenvalue weighted by atomic mass is 9.87. The molecule has 4 rings (SSSR count). The van der Waals surface area contributed by atoms with Crippen LogP contribution >= 0.6 is 0 Å². The Morgan fingerprint density at radius 1 is 1.00 bits per heavy atom. The second kappa shape index (κ2) is 7.53. The first-order valence-corrected chi connectivity index (χ1v) is 9.87. The molecule has 0 saturated heterocycles. The maximum Gasteiger partial charge on any atom is 0.261 e. The molecule has 1 amide bonds. The molecule has 0 aromatic heterocycles. The summed E-state index contributed by atoms with van der Waals surface area (Å²) in [5.41, 5.74) is 5.42. The molecule has 0 spiro atoms. The summed E-state index contributed by atoms with van der Waals surface area (Å²) in [5.74, 6) is 0.766. The first-order valence-electron chi connectivity index (χ1n) is 9.87. The van der Waals surface area contributed by atoms with Gasteiger partial charge in [0.25, 0.3) is 5.91 Å². The minimum absolute atomic E-state index is 0.0376. The fourth-order valence-electron chi connectivity index (χ4n) is 4.23. The fraction of sp³-hybridized carbons (Fsp3) is 0.435. The number of rotatable bonds is 4. The maximum atomic E-state index is 12.7. The summed E-state index contributed by atoms with van der Waals surface area (Å²) in [7, 11) is 0. The van der Waals surface area contributed by atoms with Crippen LogP contribution in [-0.2, 0) is 24.1 Å². The summed E-state index contributed by atoms with van der Waals surface area (Å²) in [6, 6.07) is 14.8. The molecular formula is C23H27NO2. The first kappa shape index (κ1) is 17.1. The van der Waals surface area contributed by atoms with Gasteiger partial charge < -0.3 is 10.1 Å². The second-order valence-corrected chi connectivity index (χ2v) is 7.55. The molecule has 0 aliphatic heterocycles. The molecule has 0 heterocycles. The highest BCUT2D eigenvalue weighted by atomic mass is 16.5. The van der Waals surface area contributed by atoms with Crippen LogP contribution in [0.3, 0.4) is 0 Å². The van der Waals surface area contributed by atoms with Gasteiger partial charge in [-0.3, -0.25) is 4.79 Å². The number of nitrogens with one attached hydrogen (secondary N) is 1.